The number of carbonyl (C=O) groups is 1. The van der Waals surface area contributed by atoms with Crippen molar-refractivity contribution in [1.29, 1.82) is 0 Å². The number of carboxylic acids is 1. The number of carboxylic acid groups (broad SMARTS) is 1. The highest BCUT2D eigenvalue weighted by Gasteiger charge is 1.92. The average Bonchev–Trinajstić information content (AvgIpc) is 2.37. The van der Waals surface area contributed by atoms with E-state index in [9.17, 15) is 4.79 Å². The van der Waals surface area contributed by atoms with Gasteiger partial charge in [-0.1, -0.05) is 47.1 Å². The van der Waals surface area contributed by atoms with Crippen LogP contribution in [0.5, 0.6) is 0 Å². The third-order valence-corrected chi connectivity index (χ3v) is 3.21. The van der Waals surface area contributed by atoms with Gasteiger partial charge in [0.25, 0.3) is 0 Å². The second kappa shape index (κ2) is 11.8. The highest BCUT2D eigenvalue weighted by Crippen LogP contribution is 2.11. The van der Waals surface area contributed by atoms with Gasteiger partial charge in [-0.05, 0) is 65.9 Å². The van der Waals surface area contributed by atoms with Crippen molar-refractivity contribution in [1.82, 2.24) is 0 Å². The van der Waals surface area contributed by atoms with Gasteiger partial charge in [0, 0.05) is 6.08 Å². The van der Waals surface area contributed by atoms with Crippen molar-refractivity contribution >= 4 is 5.97 Å². The normalized spacial score (nSPS) is 13.6. The zero-order chi connectivity index (χ0) is 17.0. The van der Waals surface area contributed by atoms with Gasteiger partial charge in [-0.25, -0.2) is 4.79 Å². The van der Waals surface area contributed by atoms with Crippen LogP contribution in [0.2, 0.25) is 0 Å². The maximum absolute atomic E-state index is 10.5. The molecule has 0 heterocycles. The van der Waals surface area contributed by atoms with Crippen molar-refractivity contribution in [2.24, 2.45) is 0 Å². The Morgan fingerprint density at radius 1 is 0.909 bits per heavy atom. The first-order valence-electron chi connectivity index (χ1n) is 7.85. The minimum atomic E-state index is -0.906. The fraction of sp³-hybridized carbons (Fsp3) is 0.450. The monoisotopic (exact) mass is 301 g/mol. The highest BCUT2D eigenvalue weighted by atomic mass is 16.4. The topological polar surface area (TPSA) is 37.3 Å². The van der Waals surface area contributed by atoms with Gasteiger partial charge < -0.3 is 5.11 Å². The van der Waals surface area contributed by atoms with Crippen LogP contribution in [0.25, 0.3) is 0 Å². The van der Waals surface area contributed by atoms with Crippen LogP contribution >= 0.6 is 0 Å². The van der Waals surface area contributed by atoms with Crippen LogP contribution < -0.4 is 0 Å². The first-order chi connectivity index (χ1) is 10.3. The maximum atomic E-state index is 10.5. The van der Waals surface area contributed by atoms with Crippen molar-refractivity contribution in [2.75, 3.05) is 0 Å². The van der Waals surface area contributed by atoms with Crippen molar-refractivity contribution < 1.29 is 9.90 Å². The Morgan fingerprint density at radius 3 is 2.09 bits per heavy atom. The van der Waals surface area contributed by atoms with Crippen molar-refractivity contribution in [3.05, 3.63) is 58.7 Å². The summed E-state index contributed by atoms with van der Waals surface area (Å²) in [5.74, 6) is -0.906. The summed E-state index contributed by atoms with van der Waals surface area (Å²) in [6.45, 7) is 10.3. The lowest BCUT2D eigenvalue weighted by Gasteiger charge is -2.00. The molecular weight excluding hydrogens is 271 g/mol. The molecule has 0 aromatic heterocycles. The molecule has 0 aliphatic heterocycles. The number of rotatable bonds is 9. The summed E-state index contributed by atoms with van der Waals surface area (Å²) in [4.78, 5) is 10.5. The minimum absolute atomic E-state index is 0.742. The van der Waals surface area contributed by atoms with Crippen LogP contribution in [-0.2, 0) is 4.79 Å². The summed E-state index contributed by atoms with van der Waals surface area (Å²) in [6, 6.07) is 0. The molecule has 122 valence electrons. The molecule has 0 spiro atoms. The van der Waals surface area contributed by atoms with E-state index in [1.165, 1.54) is 22.8 Å². The van der Waals surface area contributed by atoms with Crippen LogP contribution in [-0.4, -0.2) is 11.1 Å². The summed E-state index contributed by atoms with van der Waals surface area (Å²) < 4.78 is 0. The Balaban J connectivity index is 4.19. The first-order valence-corrected chi connectivity index (χ1v) is 7.85. The molecule has 0 aliphatic carbocycles. The third-order valence-electron chi connectivity index (χ3n) is 3.21. The molecule has 2 nitrogen and oxygen atoms in total. The molecule has 0 saturated heterocycles. The number of aliphatic carboxylic acids is 1. The van der Waals surface area contributed by atoms with Gasteiger partial charge in [0.2, 0.25) is 0 Å². The van der Waals surface area contributed by atoms with E-state index in [0.29, 0.717) is 0 Å². The predicted molar refractivity (Wildman–Crippen MR) is 95.9 cm³/mol. The standard InChI is InChI=1S/C20H30O2/c1-16(2)9-6-10-17(3)11-7-12-18(4)13-8-14-19(5)15-20(21)22/h8-9,11,13-15H,6-7,10,12H2,1-5H3,(H,21,22)/b14-8+,17-11+,18-13+,19-15+/i5-1. The van der Waals surface area contributed by atoms with E-state index < -0.39 is 5.97 Å². The van der Waals surface area contributed by atoms with Crippen LogP contribution in [0.3, 0.4) is 0 Å². The Morgan fingerprint density at radius 2 is 1.50 bits per heavy atom. The van der Waals surface area contributed by atoms with Gasteiger partial charge in [0.05, 0.1) is 0 Å². The molecule has 0 unspecified atom stereocenters. The second-order valence-electron chi connectivity index (χ2n) is 6.01. The summed E-state index contributed by atoms with van der Waals surface area (Å²) in [5, 5.41) is 8.62. The van der Waals surface area contributed by atoms with Gasteiger partial charge in [0.15, 0.2) is 0 Å². The Bertz CT molecular complexity index is 496. The zero-order valence-electron chi connectivity index (χ0n) is 14.6. The smallest absolute Gasteiger partial charge is 0.328 e. The second-order valence-corrected chi connectivity index (χ2v) is 6.01. The van der Waals surface area contributed by atoms with Crippen molar-refractivity contribution in [3.8, 4) is 0 Å². The quantitative estimate of drug-likeness (QED) is 0.322. The molecule has 0 rings (SSSR count). The molecule has 0 atom stereocenters. The molecule has 1 N–H and O–H groups in total. The molecule has 0 radical (unpaired) electrons. The molecule has 22 heavy (non-hydrogen) atoms. The van der Waals surface area contributed by atoms with E-state index in [-0.39, 0.29) is 0 Å². The molecule has 0 aromatic carbocycles. The molecule has 0 fully saturated rings. The van der Waals surface area contributed by atoms with Crippen molar-refractivity contribution in [3.63, 3.8) is 0 Å². The number of hydrogen-bond donors (Lipinski definition) is 1. The average molecular weight is 301 g/mol. The minimum Gasteiger partial charge on any atom is -0.478 e. The number of allylic oxidation sites excluding steroid dienone is 9. The predicted octanol–water partition coefficient (Wildman–Crippen LogP) is 5.99. The number of hydrogen-bond acceptors (Lipinski definition) is 1. The summed E-state index contributed by atoms with van der Waals surface area (Å²) >= 11 is 0. The fourth-order valence-corrected chi connectivity index (χ4v) is 1.93. The Hall–Kier alpha value is -1.83. The Kier molecular flexibility index (Phi) is 10.8. The van der Waals surface area contributed by atoms with E-state index >= 15 is 0 Å². The van der Waals surface area contributed by atoms with Crippen LogP contribution in [0.4, 0.5) is 0 Å². The maximum Gasteiger partial charge on any atom is 0.328 e. The van der Waals surface area contributed by atoms with E-state index in [1.807, 2.05) is 18.2 Å². The largest absolute Gasteiger partial charge is 0.478 e. The molecule has 0 aromatic rings. The van der Waals surface area contributed by atoms with Crippen molar-refractivity contribution in [2.45, 2.75) is 60.3 Å². The van der Waals surface area contributed by atoms with E-state index in [4.69, 9.17) is 5.11 Å². The first kappa shape index (κ1) is 20.2. The molecular formula is C20H30O2. The summed E-state index contributed by atoms with van der Waals surface area (Å²) in [5.41, 5.74) is 4.87. The lowest BCUT2D eigenvalue weighted by Crippen LogP contribution is -1.87. The molecule has 2 heteroatoms. The van der Waals surface area contributed by atoms with Gasteiger partial charge in [0.1, 0.15) is 0 Å². The molecule has 0 bridgehead atoms. The summed E-state index contributed by atoms with van der Waals surface area (Å²) in [6.07, 6.45) is 15.9. The molecule has 0 amide bonds. The lowest BCUT2D eigenvalue weighted by atomic mass is 10.0. The zero-order valence-corrected chi connectivity index (χ0v) is 14.6. The SMILES string of the molecule is CC(C)=CCC/C(C)=C/CC/C(C)=C/C=C/C([11CH3])=C/C(=O)O. The fourth-order valence-electron chi connectivity index (χ4n) is 1.93. The van der Waals surface area contributed by atoms with Crippen LogP contribution in [0.15, 0.2) is 58.7 Å². The van der Waals surface area contributed by atoms with Gasteiger partial charge in [-0.15, -0.1) is 0 Å². The Labute approximate surface area is 135 Å². The summed E-state index contributed by atoms with van der Waals surface area (Å²) in [7, 11) is 0. The molecule has 0 saturated carbocycles. The molecule has 0 aliphatic rings. The van der Waals surface area contributed by atoms with Gasteiger partial charge in [-0.3, -0.25) is 0 Å². The van der Waals surface area contributed by atoms with Gasteiger partial charge in [-0.2, -0.15) is 0 Å². The highest BCUT2D eigenvalue weighted by molar-refractivity contribution is 5.81. The lowest BCUT2D eigenvalue weighted by molar-refractivity contribution is -0.131. The van der Waals surface area contributed by atoms with E-state index in [2.05, 4.69) is 39.8 Å². The van der Waals surface area contributed by atoms with Gasteiger partial charge >= 0.3 is 5.97 Å². The third kappa shape index (κ3) is 13.2. The van der Waals surface area contributed by atoms with Crippen LogP contribution in [0, 0.1) is 0 Å². The van der Waals surface area contributed by atoms with E-state index in [0.717, 1.165) is 31.3 Å². The van der Waals surface area contributed by atoms with Crippen LogP contribution in [0.1, 0.15) is 60.3 Å². The van der Waals surface area contributed by atoms with E-state index in [1.54, 1.807) is 6.92 Å².